The zero-order valence-electron chi connectivity index (χ0n) is 18.1. The highest BCUT2D eigenvalue weighted by Crippen LogP contribution is 2.35. The maximum Gasteiger partial charge on any atom is 0.315 e. The van der Waals surface area contributed by atoms with Crippen molar-refractivity contribution in [3.63, 3.8) is 0 Å². The van der Waals surface area contributed by atoms with Crippen LogP contribution in [0.4, 0.5) is 0 Å². The van der Waals surface area contributed by atoms with Crippen LogP contribution in [-0.2, 0) is 22.5 Å². The highest BCUT2D eigenvalue weighted by atomic mass is 35.5. The monoisotopic (exact) mass is 429 g/mol. The van der Waals surface area contributed by atoms with E-state index in [-0.39, 0.29) is 17.7 Å². The van der Waals surface area contributed by atoms with Crippen LogP contribution in [0.3, 0.4) is 0 Å². The van der Waals surface area contributed by atoms with E-state index in [2.05, 4.69) is 19.9 Å². The van der Waals surface area contributed by atoms with Gasteiger partial charge in [0, 0.05) is 22.8 Å². The van der Waals surface area contributed by atoms with Crippen molar-refractivity contribution >= 4 is 23.4 Å². The minimum Gasteiger partial charge on any atom is -0.465 e. The van der Waals surface area contributed by atoms with Gasteiger partial charge in [0.05, 0.1) is 18.2 Å². The molecule has 0 N–H and O–H groups in total. The molecule has 1 aromatic carbocycles. The molecule has 1 atom stereocenters. The van der Waals surface area contributed by atoms with Crippen LogP contribution in [0.1, 0.15) is 92.0 Å². The van der Waals surface area contributed by atoms with Crippen LogP contribution in [0.2, 0.25) is 5.02 Å². The predicted octanol–water partition coefficient (Wildman–Crippen LogP) is 6.33. The van der Waals surface area contributed by atoms with E-state index in [9.17, 15) is 9.59 Å². The summed E-state index contributed by atoms with van der Waals surface area (Å²) >= 11 is 6.12. The summed E-state index contributed by atoms with van der Waals surface area (Å²) in [5.41, 5.74) is 3.24. The van der Waals surface area contributed by atoms with Crippen molar-refractivity contribution in [3.05, 3.63) is 57.9 Å². The van der Waals surface area contributed by atoms with Gasteiger partial charge < -0.3 is 9.30 Å². The molecule has 0 saturated carbocycles. The number of aryl methyl sites for hydroxylation is 1. The van der Waals surface area contributed by atoms with E-state index in [1.165, 1.54) is 6.42 Å². The minimum absolute atomic E-state index is 0.0246. The number of esters is 1. The molecule has 2 heterocycles. The van der Waals surface area contributed by atoms with Gasteiger partial charge >= 0.3 is 5.97 Å². The molecular weight excluding hydrogens is 398 g/mol. The summed E-state index contributed by atoms with van der Waals surface area (Å²) in [6.45, 7) is 5.45. The average Bonchev–Trinajstić information content (AvgIpc) is 3.30. The SMILES string of the molecule is CCCCCCOC(=O)C1CCn2c1cc(CCCC)c2C(=O)c1cccc(Cl)c1. The Morgan fingerprint density at radius 2 is 1.90 bits per heavy atom. The van der Waals surface area contributed by atoms with Crippen LogP contribution in [-0.4, -0.2) is 22.9 Å². The third-order valence-electron chi connectivity index (χ3n) is 5.83. The number of hydrogen-bond donors (Lipinski definition) is 0. The highest BCUT2D eigenvalue weighted by molar-refractivity contribution is 6.31. The molecule has 0 fully saturated rings. The Morgan fingerprint density at radius 1 is 1.10 bits per heavy atom. The first-order valence-corrected chi connectivity index (χ1v) is 11.6. The lowest BCUT2D eigenvalue weighted by Gasteiger charge is -2.10. The van der Waals surface area contributed by atoms with Gasteiger partial charge in [-0.2, -0.15) is 0 Å². The van der Waals surface area contributed by atoms with Gasteiger partial charge in [-0.15, -0.1) is 0 Å². The molecule has 30 heavy (non-hydrogen) atoms. The zero-order chi connectivity index (χ0) is 21.5. The topological polar surface area (TPSA) is 48.3 Å². The van der Waals surface area contributed by atoms with Gasteiger partial charge in [0.1, 0.15) is 0 Å². The van der Waals surface area contributed by atoms with E-state index in [0.717, 1.165) is 49.8 Å². The number of benzene rings is 1. The third-order valence-corrected chi connectivity index (χ3v) is 6.07. The molecule has 0 bridgehead atoms. The van der Waals surface area contributed by atoms with Gasteiger partial charge in [-0.3, -0.25) is 9.59 Å². The Hall–Kier alpha value is -2.07. The molecule has 5 heteroatoms. The average molecular weight is 430 g/mol. The molecule has 2 aromatic rings. The van der Waals surface area contributed by atoms with Crippen LogP contribution in [0.5, 0.6) is 0 Å². The number of nitrogens with zero attached hydrogens (tertiary/aromatic N) is 1. The van der Waals surface area contributed by atoms with Crippen molar-refractivity contribution in [2.75, 3.05) is 6.61 Å². The lowest BCUT2D eigenvalue weighted by Crippen LogP contribution is -2.14. The van der Waals surface area contributed by atoms with Gasteiger partial charge in [0.15, 0.2) is 0 Å². The van der Waals surface area contributed by atoms with Crippen molar-refractivity contribution in [1.29, 1.82) is 0 Å². The molecule has 0 spiro atoms. The Balaban J connectivity index is 1.82. The normalized spacial score (nSPS) is 15.2. The molecule has 1 aliphatic heterocycles. The number of halogens is 1. The standard InChI is InChI=1S/C25H32ClNO3/c1-3-5-7-8-15-30-25(29)21-13-14-27-22(21)17-18(10-6-4-2)23(27)24(28)19-11-9-12-20(26)16-19/h9,11-12,16-17,21H,3-8,10,13-15H2,1-2H3. The molecule has 1 aromatic heterocycles. The Kier molecular flexibility index (Phi) is 8.15. The zero-order valence-corrected chi connectivity index (χ0v) is 18.8. The summed E-state index contributed by atoms with van der Waals surface area (Å²) in [7, 11) is 0. The fraction of sp³-hybridized carbons (Fsp3) is 0.520. The molecule has 1 aliphatic rings. The summed E-state index contributed by atoms with van der Waals surface area (Å²) in [6.07, 6.45) is 7.90. The van der Waals surface area contributed by atoms with Crippen molar-refractivity contribution < 1.29 is 14.3 Å². The van der Waals surface area contributed by atoms with E-state index in [0.29, 0.717) is 35.9 Å². The number of carbonyl (C=O) groups excluding carboxylic acids is 2. The largest absolute Gasteiger partial charge is 0.465 e. The van der Waals surface area contributed by atoms with Crippen molar-refractivity contribution in [1.82, 2.24) is 4.57 Å². The number of ether oxygens (including phenoxy) is 1. The van der Waals surface area contributed by atoms with Gasteiger partial charge in [-0.1, -0.05) is 63.3 Å². The van der Waals surface area contributed by atoms with Crippen LogP contribution in [0.25, 0.3) is 0 Å². The molecule has 1 unspecified atom stereocenters. The van der Waals surface area contributed by atoms with E-state index < -0.39 is 0 Å². The first-order chi connectivity index (χ1) is 14.6. The number of rotatable bonds is 11. The summed E-state index contributed by atoms with van der Waals surface area (Å²) in [6, 6.07) is 9.14. The summed E-state index contributed by atoms with van der Waals surface area (Å²) in [4.78, 5) is 26.1. The summed E-state index contributed by atoms with van der Waals surface area (Å²) in [5, 5.41) is 0.550. The summed E-state index contributed by atoms with van der Waals surface area (Å²) < 4.78 is 7.60. The minimum atomic E-state index is -0.280. The lowest BCUT2D eigenvalue weighted by atomic mass is 9.99. The van der Waals surface area contributed by atoms with Gasteiger partial charge in [0.2, 0.25) is 5.78 Å². The van der Waals surface area contributed by atoms with Crippen molar-refractivity contribution in [2.24, 2.45) is 0 Å². The number of fused-ring (bicyclic) bond motifs is 1. The number of aromatic nitrogens is 1. The molecule has 3 rings (SSSR count). The van der Waals surface area contributed by atoms with Crippen LogP contribution in [0.15, 0.2) is 30.3 Å². The molecule has 0 saturated heterocycles. The highest BCUT2D eigenvalue weighted by Gasteiger charge is 2.35. The first-order valence-electron chi connectivity index (χ1n) is 11.3. The quantitative estimate of drug-likeness (QED) is 0.238. The summed E-state index contributed by atoms with van der Waals surface area (Å²) in [5.74, 6) is -0.465. The Bertz CT molecular complexity index is 887. The van der Waals surface area contributed by atoms with Gasteiger partial charge in [-0.05, 0) is 49.4 Å². The maximum absolute atomic E-state index is 13.4. The molecule has 4 nitrogen and oxygen atoms in total. The van der Waals surface area contributed by atoms with E-state index in [1.807, 2.05) is 4.57 Å². The second kappa shape index (κ2) is 10.8. The lowest BCUT2D eigenvalue weighted by molar-refractivity contribution is -0.145. The molecule has 0 amide bonds. The fourth-order valence-electron chi connectivity index (χ4n) is 4.20. The molecule has 0 aliphatic carbocycles. The van der Waals surface area contributed by atoms with Crippen molar-refractivity contribution in [2.45, 2.75) is 77.7 Å². The second-order valence-corrected chi connectivity index (χ2v) is 8.54. The van der Waals surface area contributed by atoms with Crippen LogP contribution in [0, 0.1) is 0 Å². The van der Waals surface area contributed by atoms with Gasteiger partial charge in [0.25, 0.3) is 0 Å². The van der Waals surface area contributed by atoms with E-state index in [1.54, 1.807) is 24.3 Å². The number of hydrogen-bond acceptors (Lipinski definition) is 3. The fourth-order valence-corrected chi connectivity index (χ4v) is 4.39. The van der Waals surface area contributed by atoms with Crippen LogP contribution >= 0.6 is 11.6 Å². The predicted molar refractivity (Wildman–Crippen MR) is 120 cm³/mol. The van der Waals surface area contributed by atoms with E-state index >= 15 is 0 Å². The van der Waals surface area contributed by atoms with Crippen molar-refractivity contribution in [3.8, 4) is 0 Å². The number of unbranched alkanes of at least 4 members (excludes halogenated alkanes) is 4. The van der Waals surface area contributed by atoms with E-state index in [4.69, 9.17) is 16.3 Å². The molecular formula is C25H32ClNO3. The number of carbonyl (C=O) groups is 2. The Labute approximate surface area is 184 Å². The Morgan fingerprint density at radius 3 is 2.63 bits per heavy atom. The van der Waals surface area contributed by atoms with Crippen LogP contribution < -0.4 is 0 Å². The number of ketones is 1. The molecule has 162 valence electrons. The second-order valence-electron chi connectivity index (χ2n) is 8.11. The maximum atomic E-state index is 13.4. The van der Waals surface area contributed by atoms with Gasteiger partial charge in [-0.25, -0.2) is 0 Å². The molecule has 0 radical (unpaired) electrons. The third kappa shape index (κ3) is 5.15. The first kappa shape index (κ1) is 22.6. The smallest absolute Gasteiger partial charge is 0.315 e.